The summed E-state index contributed by atoms with van der Waals surface area (Å²) in [7, 11) is 0. The minimum absolute atomic E-state index is 0.103. The molecule has 0 radical (unpaired) electrons. The van der Waals surface area contributed by atoms with Crippen molar-refractivity contribution in [3.05, 3.63) is 29.8 Å². The Morgan fingerprint density at radius 2 is 2.06 bits per heavy atom. The van der Waals surface area contributed by atoms with E-state index in [1.807, 2.05) is 0 Å². The second-order valence-electron chi connectivity index (χ2n) is 3.07. The van der Waals surface area contributed by atoms with E-state index in [1.54, 1.807) is 0 Å². The Balaban J connectivity index is 2.91. The van der Waals surface area contributed by atoms with Gasteiger partial charge in [-0.25, -0.2) is 0 Å². The third-order valence-electron chi connectivity index (χ3n) is 1.84. The summed E-state index contributed by atoms with van der Waals surface area (Å²) in [6.45, 7) is -0.0815. The molecule has 0 aromatic heterocycles. The van der Waals surface area contributed by atoms with Gasteiger partial charge in [0.1, 0.15) is 0 Å². The molecule has 4 N–H and O–H groups in total. The molecule has 0 spiro atoms. The first-order chi connectivity index (χ1) is 7.45. The van der Waals surface area contributed by atoms with E-state index in [4.69, 9.17) is 11.9 Å². The first-order valence-electron chi connectivity index (χ1n) is 4.50. The molecule has 1 aromatic carbocycles. The van der Waals surface area contributed by atoms with Crippen LogP contribution in [0.15, 0.2) is 24.3 Å². The van der Waals surface area contributed by atoms with Crippen molar-refractivity contribution in [1.29, 1.82) is 0 Å². The monoisotopic (exact) mass is 335 g/mol. The normalized spacial score (nSPS) is 11.2. The van der Waals surface area contributed by atoms with Gasteiger partial charge in [0.25, 0.3) is 0 Å². The van der Waals surface area contributed by atoms with Crippen LogP contribution in [0, 0.1) is 0 Å². The number of rotatable bonds is 4. The molecule has 0 aliphatic rings. The van der Waals surface area contributed by atoms with E-state index in [0.717, 1.165) is 0 Å². The standard InChI is InChI=1S/C9H10NO2.2H2O.O.Sb/c11-7-6-10-9(12)8-4-2-1-3-5-8;;;;/h1-2,4-5,11H,6-7H2,(H,10,12);2*1H2;;/q;;;;+2/p-2. The Labute approximate surface area is 97.1 Å². The van der Waals surface area contributed by atoms with Crippen LogP contribution in [0.4, 0.5) is 0 Å². The number of aliphatic hydroxyl groups is 1. The molecule has 0 heterocycles. The summed E-state index contributed by atoms with van der Waals surface area (Å²) in [5.74, 6) is -0.468. The maximum absolute atomic E-state index is 11.4. The van der Waals surface area contributed by atoms with E-state index >= 15 is 0 Å². The SMILES string of the molecule is O=C(NCCO)c1ccc[c]([Sb](=[O])([OH])[OH])c1. The van der Waals surface area contributed by atoms with E-state index < -0.39 is 25.5 Å². The number of amides is 1. The molecule has 0 saturated heterocycles. The summed E-state index contributed by atoms with van der Waals surface area (Å²) in [4.78, 5) is 11.4. The molecule has 16 heavy (non-hydrogen) atoms. The van der Waals surface area contributed by atoms with Gasteiger partial charge in [-0.1, -0.05) is 0 Å². The zero-order chi connectivity index (χ0) is 12.2. The molecule has 7 heteroatoms. The first-order valence-corrected chi connectivity index (χ1v) is 9.10. The Hall–Kier alpha value is -0.812. The Morgan fingerprint density at radius 3 is 2.62 bits per heavy atom. The van der Waals surface area contributed by atoms with E-state index in [-0.39, 0.29) is 22.2 Å². The van der Waals surface area contributed by atoms with Gasteiger partial charge in [-0.2, -0.15) is 0 Å². The molecule has 0 saturated carbocycles. The van der Waals surface area contributed by atoms with E-state index in [2.05, 4.69) is 5.32 Å². The molecule has 0 fully saturated rings. The number of carbonyl (C=O) groups excluding carboxylic acids is 1. The zero-order valence-electron chi connectivity index (χ0n) is 8.33. The third kappa shape index (κ3) is 3.64. The van der Waals surface area contributed by atoms with Crippen molar-refractivity contribution in [3.8, 4) is 0 Å². The van der Waals surface area contributed by atoms with Gasteiger partial charge in [0.2, 0.25) is 0 Å². The minimum atomic E-state index is -5.24. The second kappa shape index (κ2) is 5.50. The molecule has 0 bridgehead atoms. The summed E-state index contributed by atoms with van der Waals surface area (Å²) in [6, 6.07) is 5.33. The van der Waals surface area contributed by atoms with Gasteiger partial charge in [-0.15, -0.1) is 0 Å². The quantitative estimate of drug-likeness (QED) is 0.475. The van der Waals surface area contributed by atoms with Gasteiger partial charge >= 0.3 is 97.0 Å². The fraction of sp³-hybridized carbons (Fsp3) is 0.222. The number of hydrogen-bond acceptors (Lipinski definition) is 3. The third-order valence-corrected chi connectivity index (χ3v) is 4.56. The Morgan fingerprint density at radius 1 is 1.38 bits per heavy atom. The molecule has 0 unspecified atom stereocenters. The number of aliphatic hydroxyl groups excluding tert-OH is 1. The molecule has 1 rings (SSSR count). The van der Waals surface area contributed by atoms with E-state index in [9.17, 15) is 7.81 Å². The van der Waals surface area contributed by atoms with Crippen LogP contribution >= 0.6 is 0 Å². The molecule has 6 nitrogen and oxygen atoms in total. The van der Waals surface area contributed by atoms with E-state index in [0.29, 0.717) is 0 Å². The molecule has 0 aliphatic carbocycles. The van der Waals surface area contributed by atoms with Crippen LogP contribution < -0.4 is 8.83 Å². The maximum atomic E-state index is 11.4. The summed E-state index contributed by atoms with van der Waals surface area (Å²) < 4.78 is 28.9. The number of benzene rings is 1. The van der Waals surface area contributed by atoms with Gasteiger partial charge in [0, 0.05) is 0 Å². The molecule has 0 aliphatic heterocycles. The fourth-order valence-corrected chi connectivity index (χ4v) is 2.78. The van der Waals surface area contributed by atoms with E-state index in [1.165, 1.54) is 24.3 Å². The van der Waals surface area contributed by atoms with Crippen LogP contribution in [-0.2, 0) is 3.02 Å². The summed E-state index contributed by atoms with van der Waals surface area (Å²) >= 11 is -5.24. The van der Waals surface area contributed by atoms with Crippen molar-refractivity contribution < 1.29 is 19.7 Å². The van der Waals surface area contributed by atoms with Gasteiger partial charge in [0.15, 0.2) is 0 Å². The summed E-state index contributed by atoms with van der Waals surface area (Å²) in [5.41, 5.74) is 0.170. The first kappa shape index (κ1) is 13.3. The van der Waals surface area contributed by atoms with Crippen molar-refractivity contribution in [2.45, 2.75) is 0 Å². The van der Waals surface area contributed by atoms with Crippen LogP contribution in [0.2, 0.25) is 0 Å². The molecule has 1 amide bonds. The average molecular weight is 336 g/mol. The van der Waals surface area contributed by atoms with Gasteiger partial charge in [-0.3, -0.25) is 0 Å². The van der Waals surface area contributed by atoms with Gasteiger partial charge in [0.05, 0.1) is 0 Å². The van der Waals surface area contributed by atoms with Crippen LogP contribution in [0.1, 0.15) is 10.4 Å². The molecule has 0 atom stereocenters. The van der Waals surface area contributed by atoms with Crippen molar-refractivity contribution in [1.82, 2.24) is 5.32 Å². The van der Waals surface area contributed by atoms with Crippen molar-refractivity contribution in [2.24, 2.45) is 0 Å². The van der Waals surface area contributed by atoms with Crippen molar-refractivity contribution in [3.63, 3.8) is 0 Å². The van der Waals surface area contributed by atoms with Crippen LogP contribution in [0.3, 0.4) is 0 Å². The van der Waals surface area contributed by atoms with Crippen molar-refractivity contribution >= 4 is 29.1 Å². The molecular formula is C9H12NO5Sb. The predicted molar refractivity (Wildman–Crippen MR) is 56.4 cm³/mol. The summed E-state index contributed by atoms with van der Waals surface area (Å²) in [6.07, 6.45) is 0. The van der Waals surface area contributed by atoms with Gasteiger partial charge < -0.3 is 0 Å². The van der Waals surface area contributed by atoms with Crippen molar-refractivity contribution in [2.75, 3.05) is 13.2 Å². The van der Waals surface area contributed by atoms with Crippen LogP contribution in [0.5, 0.6) is 0 Å². The second-order valence-corrected chi connectivity index (χ2v) is 7.65. The van der Waals surface area contributed by atoms with Crippen LogP contribution in [0.25, 0.3) is 0 Å². The molecular weight excluding hydrogens is 324 g/mol. The number of carbonyl (C=O) groups is 1. The fourth-order valence-electron chi connectivity index (χ4n) is 1.10. The Kier molecular flexibility index (Phi) is 4.55. The molecule has 88 valence electrons. The zero-order valence-corrected chi connectivity index (χ0v) is 10.9. The topological polar surface area (TPSA) is 107 Å². The van der Waals surface area contributed by atoms with Crippen LogP contribution in [-0.4, -0.2) is 50.6 Å². The molecule has 1 aromatic rings. The Bertz CT molecular complexity index is 428. The number of nitrogens with one attached hydrogen (secondary N) is 1. The predicted octanol–water partition coefficient (Wildman–Crippen LogP) is -2.03. The number of hydrogen-bond donors (Lipinski definition) is 4. The summed E-state index contributed by atoms with van der Waals surface area (Å²) in [5, 5.41) is 10.9. The average Bonchev–Trinajstić information content (AvgIpc) is 2.25. The van der Waals surface area contributed by atoms with Gasteiger partial charge in [-0.05, 0) is 0 Å².